The van der Waals surface area contributed by atoms with Gasteiger partial charge in [0.05, 0.1) is 11.4 Å². The molecule has 2 heterocycles. The zero-order valence-electron chi connectivity index (χ0n) is 17.8. The molecule has 4 rings (SSSR count). The Labute approximate surface area is 187 Å². The van der Waals surface area contributed by atoms with E-state index >= 15 is 0 Å². The van der Waals surface area contributed by atoms with Crippen LogP contribution in [0.15, 0.2) is 46.9 Å². The van der Waals surface area contributed by atoms with E-state index < -0.39 is 0 Å². The molecule has 1 N–H and O–H groups in total. The third-order valence-corrected chi connectivity index (χ3v) is 5.64. The number of amides is 1. The number of anilines is 2. The predicted octanol–water partition coefficient (Wildman–Crippen LogP) is 4.02. The minimum Gasteiger partial charge on any atom is -0.421 e. The number of piperazine rings is 1. The molecule has 1 aliphatic rings. The number of aromatic nitrogens is 2. The first-order valence-electron chi connectivity index (χ1n) is 10.4. The Morgan fingerprint density at radius 2 is 1.84 bits per heavy atom. The van der Waals surface area contributed by atoms with Crippen molar-refractivity contribution in [3.8, 4) is 11.5 Å². The zero-order valence-corrected chi connectivity index (χ0v) is 18.5. The van der Waals surface area contributed by atoms with Crippen LogP contribution >= 0.6 is 11.6 Å². The van der Waals surface area contributed by atoms with E-state index in [0.29, 0.717) is 23.2 Å². The van der Waals surface area contributed by atoms with Gasteiger partial charge in [-0.1, -0.05) is 29.3 Å². The number of aryl methyl sites for hydroxylation is 2. The van der Waals surface area contributed by atoms with Gasteiger partial charge in [-0.05, 0) is 44.3 Å². The van der Waals surface area contributed by atoms with Gasteiger partial charge < -0.3 is 19.5 Å². The molecule has 0 unspecified atom stereocenters. The fraction of sp³-hybridized carbons (Fsp3) is 0.348. The van der Waals surface area contributed by atoms with Crippen LogP contribution < -0.4 is 10.2 Å². The van der Waals surface area contributed by atoms with Gasteiger partial charge >= 0.3 is 0 Å². The van der Waals surface area contributed by atoms with Crippen LogP contribution in [0.3, 0.4) is 0 Å². The lowest BCUT2D eigenvalue weighted by molar-refractivity contribution is -0.116. The third kappa shape index (κ3) is 5.42. The summed E-state index contributed by atoms with van der Waals surface area (Å²) >= 11 is 6.19. The minimum absolute atomic E-state index is 0.118. The SMILES string of the molecule is Cc1ccc(-c2nnc(CCC(=O)Nc3cc(Cl)ccc3N3CCN(C)CC3)o2)cc1. The Morgan fingerprint density at radius 1 is 1.10 bits per heavy atom. The molecule has 7 nitrogen and oxygen atoms in total. The summed E-state index contributed by atoms with van der Waals surface area (Å²) in [6.45, 7) is 5.80. The molecule has 1 fully saturated rings. The summed E-state index contributed by atoms with van der Waals surface area (Å²) in [5.74, 6) is 0.784. The molecule has 8 heteroatoms. The molecule has 1 aliphatic heterocycles. The highest BCUT2D eigenvalue weighted by molar-refractivity contribution is 6.31. The number of hydrogen-bond donors (Lipinski definition) is 1. The maximum Gasteiger partial charge on any atom is 0.247 e. The maximum atomic E-state index is 12.6. The second-order valence-corrected chi connectivity index (χ2v) is 8.30. The summed E-state index contributed by atoms with van der Waals surface area (Å²) < 4.78 is 5.72. The van der Waals surface area contributed by atoms with E-state index in [0.717, 1.165) is 48.7 Å². The molecule has 0 atom stereocenters. The molecule has 1 amide bonds. The molecular formula is C23H26ClN5O2. The Balaban J connectivity index is 1.38. The Hall–Kier alpha value is -2.90. The fourth-order valence-electron chi connectivity index (χ4n) is 3.53. The number of likely N-dealkylation sites (N-methyl/N-ethyl adjacent to an activating group) is 1. The molecule has 0 saturated carbocycles. The molecule has 1 saturated heterocycles. The van der Waals surface area contributed by atoms with Crippen molar-refractivity contribution in [1.82, 2.24) is 15.1 Å². The van der Waals surface area contributed by atoms with Gasteiger partial charge in [0.25, 0.3) is 0 Å². The van der Waals surface area contributed by atoms with Gasteiger partial charge in [-0.25, -0.2) is 0 Å². The van der Waals surface area contributed by atoms with Crippen molar-refractivity contribution >= 4 is 28.9 Å². The summed E-state index contributed by atoms with van der Waals surface area (Å²) in [7, 11) is 2.11. The highest BCUT2D eigenvalue weighted by Crippen LogP contribution is 2.30. The highest BCUT2D eigenvalue weighted by Gasteiger charge is 2.19. The molecule has 0 bridgehead atoms. The van der Waals surface area contributed by atoms with Crippen molar-refractivity contribution in [2.45, 2.75) is 19.8 Å². The quantitative estimate of drug-likeness (QED) is 0.625. The number of nitrogens with zero attached hydrogens (tertiary/aromatic N) is 4. The average molecular weight is 440 g/mol. The molecule has 162 valence electrons. The fourth-order valence-corrected chi connectivity index (χ4v) is 3.70. The second kappa shape index (κ2) is 9.49. The summed E-state index contributed by atoms with van der Waals surface area (Å²) in [5, 5.41) is 11.8. The van der Waals surface area contributed by atoms with Crippen molar-refractivity contribution in [2.75, 3.05) is 43.4 Å². The third-order valence-electron chi connectivity index (χ3n) is 5.41. The van der Waals surface area contributed by atoms with Crippen LogP contribution in [0, 0.1) is 6.92 Å². The lowest BCUT2D eigenvalue weighted by atomic mass is 10.1. The Kier molecular flexibility index (Phi) is 6.53. The monoisotopic (exact) mass is 439 g/mol. The first kappa shape index (κ1) is 21.3. The molecule has 0 aliphatic carbocycles. The lowest BCUT2D eigenvalue weighted by Crippen LogP contribution is -2.44. The summed E-state index contributed by atoms with van der Waals surface area (Å²) in [6.07, 6.45) is 0.610. The van der Waals surface area contributed by atoms with Crippen molar-refractivity contribution < 1.29 is 9.21 Å². The normalized spacial score (nSPS) is 14.6. The van der Waals surface area contributed by atoms with E-state index in [2.05, 4.69) is 32.4 Å². The van der Waals surface area contributed by atoms with Crippen molar-refractivity contribution in [3.05, 3.63) is 58.9 Å². The van der Waals surface area contributed by atoms with Crippen LogP contribution in [0.2, 0.25) is 5.02 Å². The second-order valence-electron chi connectivity index (χ2n) is 7.87. The molecule has 2 aromatic carbocycles. The molecule has 0 spiro atoms. The topological polar surface area (TPSA) is 74.5 Å². The van der Waals surface area contributed by atoms with Gasteiger partial charge in [-0.2, -0.15) is 0 Å². The lowest BCUT2D eigenvalue weighted by Gasteiger charge is -2.35. The van der Waals surface area contributed by atoms with Crippen LogP contribution in [-0.4, -0.2) is 54.2 Å². The van der Waals surface area contributed by atoms with Gasteiger partial charge in [-0.3, -0.25) is 4.79 Å². The number of nitrogens with one attached hydrogen (secondary N) is 1. The minimum atomic E-state index is -0.118. The Morgan fingerprint density at radius 3 is 2.58 bits per heavy atom. The summed E-state index contributed by atoms with van der Waals surface area (Å²) in [6, 6.07) is 13.5. The molecule has 0 radical (unpaired) electrons. The number of rotatable bonds is 6. The van der Waals surface area contributed by atoms with Crippen LogP contribution in [-0.2, 0) is 11.2 Å². The van der Waals surface area contributed by atoms with Gasteiger partial charge in [-0.15, -0.1) is 10.2 Å². The van der Waals surface area contributed by atoms with Gasteiger partial charge in [0, 0.05) is 49.6 Å². The summed E-state index contributed by atoms with van der Waals surface area (Å²) in [5.41, 5.74) is 3.75. The highest BCUT2D eigenvalue weighted by atomic mass is 35.5. The number of hydrogen-bond acceptors (Lipinski definition) is 6. The van der Waals surface area contributed by atoms with Crippen LogP contribution in [0.1, 0.15) is 17.9 Å². The summed E-state index contributed by atoms with van der Waals surface area (Å²) in [4.78, 5) is 17.2. The number of carbonyl (C=O) groups is 1. The van der Waals surface area contributed by atoms with Crippen LogP contribution in [0.25, 0.3) is 11.5 Å². The van der Waals surface area contributed by atoms with E-state index in [1.165, 1.54) is 0 Å². The van der Waals surface area contributed by atoms with E-state index in [-0.39, 0.29) is 12.3 Å². The maximum absolute atomic E-state index is 12.6. The largest absolute Gasteiger partial charge is 0.421 e. The smallest absolute Gasteiger partial charge is 0.247 e. The molecule has 1 aromatic heterocycles. The van der Waals surface area contributed by atoms with Crippen LogP contribution in [0.4, 0.5) is 11.4 Å². The van der Waals surface area contributed by atoms with Gasteiger partial charge in [0.2, 0.25) is 17.7 Å². The number of benzene rings is 2. The standard InChI is InChI=1S/C23H26ClN5O2/c1-16-3-5-17(6-4-16)23-27-26-22(31-23)10-9-21(30)25-19-15-18(24)7-8-20(19)29-13-11-28(2)12-14-29/h3-8,15H,9-14H2,1-2H3,(H,25,30). The zero-order chi connectivity index (χ0) is 21.8. The molecular weight excluding hydrogens is 414 g/mol. The Bertz CT molecular complexity index is 1040. The molecule has 3 aromatic rings. The van der Waals surface area contributed by atoms with E-state index in [9.17, 15) is 4.79 Å². The van der Waals surface area contributed by atoms with Crippen molar-refractivity contribution in [1.29, 1.82) is 0 Å². The van der Waals surface area contributed by atoms with E-state index in [1.807, 2.05) is 43.3 Å². The number of halogens is 1. The van der Waals surface area contributed by atoms with E-state index in [4.69, 9.17) is 16.0 Å². The first-order valence-corrected chi connectivity index (χ1v) is 10.8. The van der Waals surface area contributed by atoms with Crippen LogP contribution in [0.5, 0.6) is 0 Å². The van der Waals surface area contributed by atoms with Crippen molar-refractivity contribution in [2.24, 2.45) is 0 Å². The predicted molar refractivity (Wildman–Crippen MR) is 123 cm³/mol. The number of carbonyl (C=O) groups excluding carboxylic acids is 1. The first-order chi connectivity index (χ1) is 15.0. The van der Waals surface area contributed by atoms with Gasteiger partial charge in [0.1, 0.15) is 0 Å². The molecule has 31 heavy (non-hydrogen) atoms. The van der Waals surface area contributed by atoms with E-state index in [1.54, 1.807) is 6.07 Å². The van der Waals surface area contributed by atoms with Crippen molar-refractivity contribution in [3.63, 3.8) is 0 Å². The average Bonchev–Trinajstić information content (AvgIpc) is 3.23. The van der Waals surface area contributed by atoms with Gasteiger partial charge in [0.15, 0.2) is 0 Å².